The van der Waals surface area contributed by atoms with E-state index in [1.165, 1.54) is 32.7 Å². The Morgan fingerprint density at radius 2 is 2.05 bits per heavy atom. The average molecular weight is 348 g/mol. The van der Waals surface area contributed by atoms with Gasteiger partial charge in [-0.15, -0.1) is 0 Å². The first kappa shape index (κ1) is 13.4. The maximum absolute atomic E-state index is 4.42. The maximum Gasteiger partial charge on any atom is 0.137 e. The number of fused-ring (bicyclic) bond motifs is 4. The fraction of sp³-hybridized carbons (Fsp3) is 0.467. The van der Waals surface area contributed by atoms with Crippen molar-refractivity contribution in [3.05, 3.63) is 29.0 Å². The topological polar surface area (TPSA) is 44.3 Å². The SMILES string of the molecule is Brc1ccc2ncnc(NCC3CN4CCN3CC4)c2c1. The van der Waals surface area contributed by atoms with E-state index in [0.717, 1.165) is 27.7 Å². The molecule has 4 heterocycles. The minimum Gasteiger partial charge on any atom is -0.368 e. The molecule has 1 aromatic carbocycles. The summed E-state index contributed by atoms with van der Waals surface area (Å²) in [5.74, 6) is 0.930. The molecular weight excluding hydrogens is 330 g/mol. The normalized spacial score (nSPS) is 28.0. The number of anilines is 1. The van der Waals surface area contributed by atoms with Gasteiger partial charge in [-0.25, -0.2) is 9.97 Å². The molecule has 0 aliphatic carbocycles. The van der Waals surface area contributed by atoms with Gasteiger partial charge in [0.15, 0.2) is 0 Å². The van der Waals surface area contributed by atoms with Gasteiger partial charge in [0.25, 0.3) is 0 Å². The van der Waals surface area contributed by atoms with E-state index in [-0.39, 0.29) is 0 Å². The Hall–Kier alpha value is -1.24. The molecule has 5 nitrogen and oxygen atoms in total. The third-order valence-corrected chi connectivity index (χ3v) is 4.99. The number of rotatable bonds is 3. The number of piperazine rings is 3. The van der Waals surface area contributed by atoms with Gasteiger partial charge in [0.1, 0.15) is 12.1 Å². The summed E-state index contributed by atoms with van der Waals surface area (Å²) in [6.45, 7) is 6.94. The van der Waals surface area contributed by atoms with Crippen molar-refractivity contribution in [3.63, 3.8) is 0 Å². The molecule has 2 bridgehead atoms. The van der Waals surface area contributed by atoms with Crippen LogP contribution >= 0.6 is 15.9 Å². The quantitative estimate of drug-likeness (QED) is 0.917. The molecule has 6 heteroatoms. The smallest absolute Gasteiger partial charge is 0.137 e. The van der Waals surface area contributed by atoms with Crippen LogP contribution in [0.1, 0.15) is 0 Å². The van der Waals surface area contributed by atoms with Gasteiger partial charge in [-0.1, -0.05) is 15.9 Å². The fourth-order valence-corrected chi connectivity index (χ4v) is 3.66. The molecule has 3 aliphatic heterocycles. The van der Waals surface area contributed by atoms with Crippen molar-refractivity contribution < 1.29 is 0 Å². The predicted octanol–water partition coefficient (Wildman–Crippen LogP) is 1.80. The summed E-state index contributed by atoms with van der Waals surface area (Å²) in [5.41, 5.74) is 0.977. The Bertz CT molecular complexity index is 654. The first-order valence-electron chi connectivity index (χ1n) is 7.40. The van der Waals surface area contributed by atoms with Gasteiger partial charge in [0.2, 0.25) is 0 Å². The van der Waals surface area contributed by atoms with Gasteiger partial charge in [-0.05, 0) is 18.2 Å². The molecule has 0 amide bonds. The van der Waals surface area contributed by atoms with Crippen LogP contribution in [0.5, 0.6) is 0 Å². The number of aromatic nitrogens is 2. The van der Waals surface area contributed by atoms with E-state index >= 15 is 0 Å². The monoisotopic (exact) mass is 347 g/mol. The number of hydrogen-bond donors (Lipinski definition) is 1. The Balaban J connectivity index is 1.53. The summed E-state index contributed by atoms with van der Waals surface area (Å²) >= 11 is 3.52. The largest absolute Gasteiger partial charge is 0.368 e. The molecule has 21 heavy (non-hydrogen) atoms. The van der Waals surface area contributed by atoms with Crippen molar-refractivity contribution in [1.29, 1.82) is 0 Å². The highest BCUT2D eigenvalue weighted by Crippen LogP contribution is 2.24. The lowest BCUT2D eigenvalue weighted by molar-refractivity contribution is 0.0189. The number of nitrogens with zero attached hydrogens (tertiary/aromatic N) is 4. The van der Waals surface area contributed by atoms with Gasteiger partial charge in [0.05, 0.1) is 5.52 Å². The molecule has 1 N–H and O–H groups in total. The summed E-state index contributed by atoms with van der Waals surface area (Å²) in [4.78, 5) is 13.9. The van der Waals surface area contributed by atoms with Crippen LogP contribution in [0.25, 0.3) is 10.9 Å². The van der Waals surface area contributed by atoms with Crippen LogP contribution in [0.3, 0.4) is 0 Å². The highest BCUT2D eigenvalue weighted by atomic mass is 79.9. The van der Waals surface area contributed by atoms with E-state index in [9.17, 15) is 0 Å². The Morgan fingerprint density at radius 1 is 1.19 bits per heavy atom. The van der Waals surface area contributed by atoms with Crippen molar-refractivity contribution in [1.82, 2.24) is 19.8 Å². The van der Waals surface area contributed by atoms with E-state index in [1.807, 2.05) is 12.1 Å². The van der Waals surface area contributed by atoms with E-state index in [2.05, 4.69) is 47.1 Å². The first-order valence-corrected chi connectivity index (χ1v) is 8.19. The summed E-state index contributed by atoms with van der Waals surface area (Å²) in [6.07, 6.45) is 1.63. The van der Waals surface area contributed by atoms with Crippen molar-refractivity contribution in [2.75, 3.05) is 44.6 Å². The molecular formula is C15H18BrN5. The second-order valence-corrected chi connectivity index (χ2v) is 6.67. The van der Waals surface area contributed by atoms with Gasteiger partial charge in [-0.3, -0.25) is 9.80 Å². The molecule has 3 fully saturated rings. The third-order valence-electron chi connectivity index (χ3n) is 4.49. The van der Waals surface area contributed by atoms with Crippen LogP contribution in [0.4, 0.5) is 5.82 Å². The molecule has 2 aromatic rings. The summed E-state index contributed by atoms with van der Waals surface area (Å²) in [5, 5.41) is 4.60. The van der Waals surface area contributed by atoms with Crippen molar-refractivity contribution in [3.8, 4) is 0 Å². The van der Waals surface area contributed by atoms with Gasteiger partial charge < -0.3 is 5.32 Å². The minimum atomic E-state index is 0.588. The number of benzene rings is 1. The standard InChI is InChI=1S/C15H18BrN5/c16-11-1-2-14-13(7-11)15(19-10-18-14)17-8-12-9-20-3-5-21(12)6-4-20/h1-2,7,10,12H,3-6,8-9H2,(H,17,18,19). The Kier molecular flexibility index (Phi) is 3.52. The Labute approximate surface area is 132 Å². The number of nitrogens with one attached hydrogen (secondary N) is 1. The van der Waals surface area contributed by atoms with Crippen molar-refractivity contribution in [2.45, 2.75) is 6.04 Å². The van der Waals surface area contributed by atoms with Crippen LogP contribution in [-0.4, -0.2) is 65.1 Å². The molecule has 0 radical (unpaired) electrons. The zero-order valence-corrected chi connectivity index (χ0v) is 13.4. The molecule has 1 atom stereocenters. The highest BCUT2D eigenvalue weighted by molar-refractivity contribution is 9.10. The van der Waals surface area contributed by atoms with Crippen LogP contribution in [0.15, 0.2) is 29.0 Å². The van der Waals surface area contributed by atoms with Crippen LogP contribution in [-0.2, 0) is 0 Å². The predicted molar refractivity (Wildman–Crippen MR) is 87.5 cm³/mol. The number of hydrogen-bond acceptors (Lipinski definition) is 5. The van der Waals surface area contributed by atoms with Crippen LogP contribution in [0, 0.1) is 0 Å². The first-order chi connectivity index (χ1) is 10.3. The second-order valence-electron chi connectivity index (χ2n) is 5.76. The van der Waals surface area contributed by atoms with E-state index in [1.54, 1.807) is 6.33 Å². The summed E-state index contributed by atoms with van der Waals surface area (Å²) in [6, 6.07) is 6.70. The third kappa shape index (κ3) is 2.63. The molecule has 0 saturated carbocycles. The number of halogens is 1. The van der Waals surface area contributed by atoms with E-state index < -0.39 is 0 Å². The molecule has 3 aliphatic rings. The minimum absolute atomic E-state index is 0.588. The van der Waals surface area contributed by atoms with Crippen LogP contribution in [0.2, 0.25) is 0 Å². The fourth-order valence-electron chi connectivity index (χ4n) is 3.30. The average Bonchev–Trinajstić information content (AvgIpc) is 2.54. The second kappa shape index (κ2) is 5.51. The zero-order valence-electron chi connectivity index (χ0n) is 11.8. The summed E-state index contributed by atoms with van der Waals surface area (Å²) in [7, 11) is 0. The molecule has 5 rings (SSSR count). The van der Waals surface area contributed by atoms with Crippen LogP contribution < -0.4 is 5.32 Å². The van der Waals surface area contributed by atoms with Crippen molar-refractivity contribution >= 4 is 32.7 Å². The maximum atomic E-state index is 4.42. The molecule has 1 unspecified atom stereocenters. The zero-order chi connectivity index (χ0) is 14.2. The Morgan fingerprint density at radius 3 is 2.81 bits per heavy atom. The summed E-state index contributed by atoms with van der Waals surface area (Å²) < 4.78 is 1.06. The lowest BCUT2D eigenvalue weighted by Crippen LogP contribution is -2.62. The lowest BCUT2D eigenvalue weighted by Gasteiger charge is -2.47. The van der Waals surface area contributed by atoms with Crippen molar-refractivity contribution in [2.24, 2.45) is 0 Å². The van der Waals surface area contributed by atoms with Gasteiger partial charge >= 0.3 is 0 Å². The molecule has 0 spiro atoms. The molecule has 3 saturated heterocycles. The van der Waals surface area contributed by atoms with Gasteiger partial charge in [0, 0.05) is 55.2 Å². The van der Waals surface area contributed by atoms with E-state index in [4.69, 9.17) is 0 Å². The van der Waals surface area contributed by atoms with E-state index in [0.29, 0.717) is 6.04 Å². The lowest BCUT2D eigenvalue weighted by atomic mass is 10.1. The highest BCUT2D eigenvalue weighted by Gasteiger charge is 2.31. The molecule has 1 aromatic heterocycles. The van der Waals surface area contributed by atoms with Gasteiger partial charge in [-0.2, -0.15) is 0 Å². The molecule has 110 valence electrons.